The molecule has 134 valence electrons. The summed E-state index contributed by atoms with van der Waals surface area (Å²) >= 11 is 0. The van der Waals surface area contributed by atoms with Crippen LogP contribution in [0.1, 0.15) is 51.0 Å². The smallest absolute Gasteiger partial charge is 0.166 e. The Morgan fingerprint density at radius 1 is 0.800 bits per heavy atom. The van der Waals surface area contributed by atoms with Crippen molar-refractivity contribution in [2.24, 2.45) is 0 Å². The summed E-state index contributed by atoms with van der Waals surface area (Å²) in [6.45, 7) is 2.13. The van der Waals surface area contributed by atoms with Gasteiger partial charge in [-0.15, -0.1) is 0 Å². The van der Waals surface area contributed by atoms with Crippen LogP contribution in [-0.4, -0.2) is 6.18 Å². The van der Waals surface area contributed by atoms with E-state index < -0.39 is 11.7 Å². The summed E-state index contributed by atoms with van der Waals surface area (Å²) in [4.78, 5) is 0. The number of hydrogen-bond acceptors (Lipinski definition) is 0. The highest BCUT2D eigenvalue weighted by molar-refractivity contribution is 5.72. The summed E-state index contributed by atoms with van der Waals surface area (Å²) in [6.07, 6.45) is 2.68. The van der Waals surface area contributed by atoms with Gasteiger partial charge < -0.3 is 0 Å². The van der Waals surface area contributed by atoms with E-state index in [-0.39, 0.29) is 5.56 Å². The predicted octanol–water partition coefficient (Wildman–Crippen LogP) is 7.66. The van der Waals surface area contributed by atoms with Crippen LogP contribution in [0.5, 0.6) is 0 Å². The maximum Gasteiger partial charge on any atom is 0.416 e. The zero-order chi connectivity index (χ0) is 18.1. The molecule has 0 bridgehead atoms. The van der Waals surface area contributed by atoms with Gasteiger partial charge in [0.2, 0.25) is 0 Å². The van der Waals surface area contributed by atoms with Gasteiger partial charge in [0.15, 0.2) is 0 Å². The molecule has 0 fully saturated rings. The Kier molecular flexibility index (Phi) is 7.30. The van der Waals surface area contributed by atoms with Crippen LogP contribution in [-0.2, 0) is 0 Å². The van der Waals surface area contributed by atoms with E-state index in [1.807, 2.05) is 30.3 Å². The third-order valence-electron chi connectivity index (χ3n) is 4.26. The summed E-state index contributed by atoms with van der Waals surface area (Å²) in [5.74, 6) is 0. The maximum absolute atomic E-state index is 13.4. The van der Waals surface area contributed by atoms with E-state index >= 15 is 0 Å². The molecule has 0 aliphatic carbocycles. The predicted molar refractivity (Wildman–Crippen MR) is 99.3 cm³/mol. The van der Waals surface area contributed by atoms with Crippen LogP contribution in [0.15, 0.2) is 60.7 Å². The van der Waals surface area contributed by atoms with Crippen molar-refractivity contribution in [2.45, 2.75) is 51.6 Å². The largest absolute Gasteiger partial charge is 0.416 e. The van der Waals surface area contributed by atoms with Gasteiger partial charge in [-0.25, -0.2) is 0 Å². The maximum atomic E-state index is 13.4. The van der Waals surface area contributed by atoms with Crippen molar-refractivity contribution in [3.05, 3.63) is 66.2 Å². The molecule has 0 N–H and O–H groups in total. The summed E-state index contributed by atoms with van der Waals surface area (Å²) in [5.41, 5.74) is 1.64. The number of hydrogen-bond donors (Lipinski definition) is 0. The molecule has 3 heteroatoms. The molecule has 0 amide bonds. The Morgan fingerprint density at radius 2 is 1.40 bits per heavy atom. The van der Waals surface area contributed by atoms with Gasteiger partial charge in [-0.2, -0.15) is 13.2 Å². The molecule has 25 heavy (non-hydrogen) atoms. The second kappa shape index (κ2) is 9.45. The molecule has 0 radical (unpaired) electrons. The molecule has 0 nitrogen and oxygen atoms in total. The Hall–Kier alpha value is -2.03. The van der Waals surface area contributed by atoms with Gasteiger partial charge in [-0.3, -0.25) is 0 Å². The molecular weight excluding hydrogens is 321 g/mol. The lowest BCUT2D eigenvalue weighted by Gasteiger charge is -2.13. The summed E-state index contributed by atoms with van der Waals surface area (Å²) in [6, 6.07) is 16.3. The van der Waals surface area contributed by atoms with E-state index in [1.165, 1.54) is 6.08 Å². The van der Waals surface area contributed by atoms with Crippen molar-refractivity contribution in [3.63, 3.8) is 0 Å². The van der Waals surface area contributed by atoms with Gasteiger partial charge in [-0.05, 0) is 29.5 Å². The Balaban J connectivity index is 2.10. The van der Waals surface area contributed by atoms with Gasteiger partial charge >= 0.3 is 6.18 Å². The first-order valence-corrected chi connectivity index (χ1v) is 8.95. The molecule has 0 heterocycles. The van der Waals surface area contributed by atoms with Gasteiger partial charge in [0.1, 0.15) is 0 Å². The zero-order valence-electron chi connectivity index (χ0n) is 14.7. The van der Waals surface area contributed by atoms with Crippen molar-refractivity contribution < 1.29 is 13.2 Å². The van der Waals surface area contributed by atoms with E-state index in [9.17, 15) is 13.2 Å². The SMILES string of the molecule is CCCCCCC/C=C(\c1ccc(-c2ccccc2)cc1)C(F)(F)F. The van der Waals surface area contributed by atoms with E-state index in [1.54, 1.807) is 24.3 Å². The molecule has 0 saturated heterocycles. The molecule has 0 spiro atoms. The van der Waals surface area contributed by atoms with Crippen LogP contribution in [0.2, 0.25) is 0 Å². The molecule has 0 aliphatic rings. The van der Waals surface area contributed by atoms with E-state index in [0.29, 0.717) is 6.42 Å². The first kappa shape index (κ1) is 19.3. The first-order valence-electron chi connectivity index (χ1n) is 8.95. The number of benzene rings is 2. The second-order valence-corrected chi connectivity index (χ2v) is 6.26. The minimum atomic E-state index is -4.32. The van der Waals surface area contributed by atoms with E-state index in [4.69, 9.17) is 0 Å². The van der Waals surface area contributed by atoms with E-state index in [2.05, 4.69) is 6.92 Å². The molecule has 0 aromatic heterocycles. The lowest BCUT2D eigenvalue weighted by atomic mass is 9.99. The van der Waals surface area contributed by atoms with Gasteiger partial charge in [0, 0.05) is 0 Å². The number of alkyl halides is 3. The highest BCUT2D eigenvalue weighted by Crippen LogP contribution is 2.35. The average molecular weight is 346 g/mol. The van der Waals surface area contributed by atoms with Crippen LogP contribution >= 0.6 is 0 Å². The van der Waals surface area contributed by atoms with Crippen LogP contribution in [0.3, 0.4) is 0 Å². The van der Waals surface area contributed by atoms with Crippen LogP contribution in [0.25, 0.3) is 16.7 Å². The molecule has 0 unspecified atom stereocenters. The monoisotopic (exact) mass is 346 g/mol. The van der Waals surface area contributed by atoms with Crippen molar-refractivity contribution in [1.29, 1.82) is 0 Å². The van der Waals surface area contributed by atoms with Crippen LogP contribution in [0, 0.1) is 0 Å². The van der Waals surface area contributed by atoms with Crippen molar-refractivity contribution in [2.75, 3.05) is 0 Å². The molecule has 2 rings (SSSR count). The molecule has 0 saturated carbocycles. The summed E-state index contributed by atoms with van der Waals surface area (Å²) in [5, 5.41) is 0. The molecule has 2 aromatic rings. The number of unbranched alkanes of at least 4 members (excludes halogenated alkanes) is 5. The Bertz CT molecular complexity index is 652. The van der Waals surface area contributed by atoms with Gasteiger partial charge in [0.05, 0.1) is 5.57 Å². The normalized spacial score (nSPS) is 12.4. The summed E-state index contributed by atoms with van der Waals surface area (Å²) < 4.78 is 40.2. The van der Waals surface area contributed by atoms with Crippen molar-refractivity contribution >= 4 is 5.57 Å². The second-order valence-electron chi connectivity index (χ2n) is 6.26. The van der Waals surface area contributed by atoms with Gasteiger partial charge in [0.25, 0.3) is 0 Å². The van der Waals surface area contributed by atoms with Crippen molar-refractivity contribution in [1.82, 2.24) is 0 Å². The topological polar surface area (TPSA) is 0 Å². The van der Waals surface area contributed by atoms with E-state index in [0.717, 1.165) is 43.2 Å². The van der Waals surface area contributed by atoms with Crippen LogP contribution < -0.4 is 0 Å². The quantitative estimate of drug-likeness (QED) is 0.430. The average Bonchev–Trinajstić information content (AvgIpc) is 2.61. The van der Waals surface area contributed by atoms with Crippen LogP contribution in [0.4, 0.5) is 13.2 Å². The third-order valence-corrected chi connectivity index (χ3v) is 4.26. The number of allylic oxidation sites excluding steroid dienone is 2. The fraction of sp³-hybridized carbons (Fsp3) is 0.364. The number of rotatable bonds is 8. The Labute approximate surface area is 148 Å². The molecule has 0 atom stereocenters. The minimum Gasteiger partial charge on any atom is -0.166 e. The zero-order valence-corrected chi connectivity index (χ0v) is 14.7. The highest BCUT2D eigenvalue weighted by atomic mass is 19.4. The van der Waals surface area contributed by atoms with Crippen molar-refractivity contribution in [3.8, 4) is 11.1 Å². The van der Waals surface area contributed by atoms with Gasteiger partial charge in [-0.1, -0.05) is 93.3 Å². The molecule has 2 aromatic carbocycles. The molecule has 0 aliphatic heterocycles. The Morgan fingerprint density at radius 3 is 2.00 bits per heavy atom. The standard InChI is InChI=1S/C22H25F3/c1-2-3-4-5-6-10-13-21(22(23,24)25)20-16-14-19(15-17-20)18-11-8-7-9-12-18/h7-9,11-17H,2-6,10H2,1H3/b21-13+. The lowest BCUT2D eigenvalue weighted by Crippen LogP contribution is -2.10. The molecular formula is C22H25F3. The highest BCUT2D eigenvalue weighted by Gasteiger charge is 2.34. The first-order chi connectivity index (χ1) is 12.0. The fourth-order valence-corrected chi connectivity index (χ4v) is 2.86. The third kappa shape index (κ3) is 6.08. The fourth-order valence-electron chi connectivity index (χ4n) is 2.86. The number of halogens is 3. The summed E-state index contributed by atoms with van der Waals surface area (Å²) in [7, 11) is 0. The minimum absolute atomic E-state index is 0.237. The lowest BCUT2D eigenvalue weighted by molar-refractivity contribution is -0.0690.